The first kappa shape index (κ1) is 28.5. The fraction of sp³-hybridized carbons (Fsp3) is 0.167. The molecule has 0 saturated carbocycles. The number of amides is 2. The number of carbonyl (C=O) groups is 3. The van der Waals surface area contributed by atoms with Crippen LogP contribution >= 0.6 is 0 Å². The van der Waals surface area contributed by atoms with E-state index in [9.17, 15) is 14.4 Å². The van der Waals surface area contributed by atoms with Gasteiger partial charge in [0.1, 0.15) is 0 Å². The van der Waals surface area contributed by atoms with E-state index in [0.717, 1.165) is 22.8 Å². The van der Waals surface area contributed by atoms with Crippen molar-refractivity contribution in [2.75, 3.05) is 6.54 Å². The van der Waals surface area contributed by atoms with Gasteiger partial charge in [-0.3, -0.25) is 39.2 Å². The molecule has 0 unspecified atom stereocenters. The summed E-state index contributed by atoms with van der Waals surface area (Å²) in [5, 5.41) is 8.38. The van der Waals surface area contributed by atoms with Gasteiger partial charge in [0.05, 0.1) is 22.8 Å². The van der Waals surface area contributed by atoms with Crippen LogP contribution in [0.5, 0.6) is 0 Å². The van der Waals surface area contributed by atoms with Gasteiger partial charge in [0, 0.05) is 49.9 Å². The number of imide groups is 1. The zero-order valence-electron chi connectivity index (χ0n) is 21.3. The average Bonchev–Trinajstić information content (AvgIpc) is 3.32. The van der Waals surface area contributed by atoms with E-state index < -0.39 is 5.97 Å². The topological polar surface area (TPSA) is 126 Å². The molecule has 1 aliphatic rings. The molecule has 198 valence electrons. The molecule has 4 aromatic rings. The van der Waals surface area contributed by atoms with Crippen molar-refractivity contribution in [3.8, 4) is 22.8 Å². The Balaban J connectivity index is 0.000000163. The lowest BCUT2D eigenvalue weighted by Gasteiger charge is -2.12. The Kier molecular flexibility index (Phi) is 11.6. The molecular formula is C30H29N5O4. The summed E-state index contributed by atoms with van der Waals surface area (Å²) in [6.07, 6.45) is 11.7. The molecule has 0 aliphatic carbocycles. The zero-order chi connectivity index (χ0) is 27.7. The van der Waals surface area contributed by atoms with Crippen molar-refractivity contribution in [1.29, 1.82) is 0 Å². The summed E-state index contributed by atoms with van der Waals surface area (Å²) in [4.78, 5) is 50.3. The second kappa shape index (κ2) is 15.9. The number of hydrogen-bond donors (Lipinski definition) is 1. The van der Waals surface area contributed by atoms with Crippen molar-refractivity contribution in [2.24, 2.45) is 0 Å². The molecule has 39 heavy (non-hydrogen) atoms. The lowest BCUT2D eigenvalue weighted by Crippen LogP contribution is -2.30. The number of hydrogen-bond acceptors (Lipinski definition) is 7. The highest BCUT2D eigenvalue weighted by molar-refractivity contribution is 6.12. The molecule has 9 heteroatoms. The third kappa shape index (κ3) is 10.1. The monoisotopic (exact) mass is 523 g/mol. The first-order chi connectivity index (χ1) is 19.0. The lowest BCUT2D eigenvalue weighted by atomic mass is 10.2. The minimum Gasteiger partial charge on any atom is -0.481 e. The van der Waals surface area contributed by atoms with Crippen LogP contribution in [0.4, 0.5) is 0 Å². The molecular weight excluding hydrogens is 494 g/mol. The van der Waals surface area contributed by atoms with Gasteiger partial charge in [0.2, 0.25) is 0 Å². The van der Waals surface area contributed by atoms with Gasteiger partial charge in [-0.05, 0) is 61.4 Å². The summed E-state index contributed by atoms with van der Waals surface area (Å²) in [6, 6.07) is 23.2. The largest absolute Gasteiger partial charge is 0.481 e. The van der Waals surface area contributed by atoms with E-state index >= 15 is 0 Å². The molecule has 0 bridgehead atoms. The van der Waals surface area contributed by atoms with Crippen LogP contribution in [-0.4, -0.2) is 54.3 Å². The van der Waals surface area contributed by atoms with Gasteiger partial charge in [-0.25, -0.2) is 0 Å². The van der Waals surface area contributed by atoms with Gasteiger partial charge >= 0.3 is 5.97 Å². The molecule has 9 nitrogen and oxygen atoms in total. The van der Waals surface area contributed by atoms with E-state index in [2.05, 4.69) is 19.9 Å². The van der Waals surface area contributed by atoms with E-state index in [-0.39, 0.29) is 18.2 Å². The highest BCUT2D eigenvalue weighted by Crippen LogP contribution is 2.12. The molecule has 2 amide bonds. The number of carboxylic acid groups (broad SMARTS) is 1. The molecule has 0 fully saturated rings. The van der Waals surface area contributed by atoms with Gasteiger partial charge in [-0.2, -0.15) is 0 Å². The Morgan fingerprint density at radius 3 is 1.28 bits per heavy atom. The van der Waals surface area contributed by atoms with E-state index in [1.165, 1.54) is 17.1 Å². The van der Waals surface area contributed by atoms with Crippen molar-refractivity contribution in [3.05, 3.63) is 110 Å². The van der Waals surface area contributed by atoms with Gasteiger partial charge in [-0.1, -0.05) is 30.7 Å². The van der Waals surface area contributed by atoms with Crippen molar-refractivity contribution in [2.45, 2.75) is 25.7 Å². The Bertz CT molecular complexity index is 1170. The average molecular weight is 524 g/mol. The Morgan fingerprint density at radius 2 is 0.974 bits per heavy atom. The van der Waals surface area contributed by atoms with E-state index in [1.807, 2.05) is 72.8 Å². The minimum absolute atomic E-state index is 0.139. The quantitative estimate of drug-likeness (QED) is 0.257. The maximum absolute atomic E-state index is 11.1. The van der Waals surface area contributed by atoms with E-state index in [1.54, 1.807) is 24.8 Å². The van der Waals surface area contributed by atoms with Gasteiger partial charge in [0.15, 0.2) is 0 Å². The summed E-state index contributed by atoms with van der Waals surface area (Å²) >= 11 is 0. The predicted molar refractivity (Wildman–Crippen MR) is 147 cm³/mol. The van der Waals surface area contributed by atoms with Crippen LogP contribution in [0.3, 0.4) is 0 Å². The molecule has 0 radical (unpaired) electrons. The third-order valence-corrected chi connectivity index (χ3v) is 5.36. The van der Waals surface area contributed by atoms with Crippen LogP contribution < -0.4 is 0 Å². The van der Waals surface area contributed by atoms with Crippen molar-refractivity contribution in [1.82, 2.24) is 24.8 Å². The molecule has 0 aromatic carbocycles. The third-order valence-electron chi connectivity index (χ3n) is 5.36. The molecule has 1 aliphatic heterocycles. The Morgan fingerprint density at radius 1 is 0.590 bits per heavy atom. The molecule has 1 N–H and O–H groups in total. The Labute approximate surface area is 226 Å². The van der Waals surface area contributed by atoms with Crippen LogP contribution in [0.2, 0.25) is 0 Å². The number of aliphatic carboxylic acids is 1. The number of rotatable bonds is 8. The standard InChI is InChI=1S/2C10H8N2.C10H13NO4/c2*1-3-7-11-9(5-1)10-6-2-4-8-12-10;12-8-5-6-9(13)11(8)7-3-1-2-4-10(14)15/h2*1-8H;5-6H,1-4,7H2,(H,14,15). The fourth-order valence-corrected chi connectivity index (χ4v) is 3.43. The van der Waals surface area contributed by atoms with E-state index in [0.29, 0.717) is 25.8 Å². The minimum atomic E-state index is -0.815. The predicted octanol–water partition coefficient (Wildman–Crippen LogP) is 4.84. The van der Waals surface area contributed by atoms with Crippen molar-refractivity contribution < 1.29 is 19.5 Å². The first-order valence-electron chi connectivity index (χ1n) is 12.4. The second-order valence-electron chi connectivity index (χ2n) is 8.23. The lowest BCUT2D eigenvalue weighted by molar-refractivity contribution is -0.138. The summed E-state index contributed by atoms with van der Waals surface area (Å²) in [5.74, 6) is -1.37. The van der Waals surface area contributed by atoms with Gasteiger partial charge in [0.25, 0.3) is 11.8 Å². The number of nitrogens with zero attached hydrogens (tertiary/aromatic N) is 5. The molecule has 0 saturated heterocycles. The van der Waals surface area contributed by atoms with Crippen molar-refractivity contribution in [3.63, 3.8) is 0 Å². The summed E-state index contributed by atoms with van der Waals surface area (Å²) < 4.78 is 0. The van der Waals surface area contributed by atoms with Crippen LogP contribution in [0.1, 0.15) is 25.7 Å². The number of aromatic nitrogens is 4. The summed E-state index contributed by atoms with van der Waals surface area (Å²) in [5.41, 5.74) is 3.66. The smallest absolute Gasteiger partial charge is 0.303 e. The maximum Gasteiger partial charge on any atom is 0.303 e. The maximum atomic E-state index is 11.1. The fourth-order valence-electron chi connectivity index (χ4n) is 3.43. The summed E-state index contributed by atoms with van der Waals surface area (Å²) in [6.45, 7) is 0.379. The second-order valence-corrected chi connectivity index (χ2v) is 8.23. The van der Waals surface area contributed by atoms with Crippen LogP contribution in [0, 0.1) is 0 Å². The van der Waals surface area contributed by atoms with Crippen LogP contribution in [-0.2, 0) is 14.4 Å². The summed E-state index contributed by atoms with van der Waals surface area (Å²) in [7, 11) is 0. The first-order valence-corrected chi connectivity index (χ1v) is 12.4. The highest BCUT2D eigenvalue weighted by atomic mass is 16.4. The SMILES string of the molecule is O=C(O)CCCCCN1C(=O)C=CC1=O.c1ccc(-c2ccccn2)nc1.c1ccc(-c2ccccn2)nc1. The van der Waals surface area contributed by atoms with Crippen LogP contribution in [0.25, 0.3) is 22.8 Å². The van der Waals surface area contributed by atoms with Crippen LogP contribution in [0.15, 0.2) is 110 Å². The van der Waals surface area contributed by atoms with Crippen molar-refractivity contribution >= 4 is 17.8 Å². The molecule has 0 atom stereocenters. The molecule has 4 aromatic heterocycles. The van der Waals surface area contributed by atoms with E-state index in [4.69, 9.17) is 5.11 Å². The highest BCUT2D eigenvalue weighted by Gasteiger charge is 2.22. The number of carboxylic acids is 1. The number of carbonyl (C=O) groups excluding carboxylic acids is 2. The molecule has 5 rings (SSSR count). The number of pyridine rings is 4. The normalized spacial score (nSPS) is 11.7. The van der Waals surface area contributed by atoms with Gasteiger partial charge < -0.3 is 5.11 Å². The number of unbranched alkanes of at least 4 members (excludes halogenated alkanes) is 2. The molecule has 5 heterocycles. The zero-order valence-corrected chi connectivity index (χ0v) is 21.3. The van der Waals surface area contributed by atoms with Gasteiger partial charge in [-0.15, -0.1) is 0 Å². The molecule has 0 spiro atoms. The Hall–Kier alpha value is -5.05.